The van der Waals surface area contributed by atoms with E-state index in [2.05, 4.69) is 218 Å². The predicted octanol–water partition coefficient (Wildman–Crippen LogP) is 16.1. The fourth-order valence-electron chi connectivity index (χ4n) is 10.1. The summed E-state index contributed by atoms with van der Waals surface area (Å²) in [6, 6.07) is 80.6. The molecule has 1 unspecified atom stereocenters. The molecule has 0 aliphatic heterocycles. The van der Waals surface area contributed by atoms with E-state index in [1.165, 1.54) is 87.6 Å². The van der Waals surface area contributed by atoms with Crippen molar-refractivity contribution in [1.29, 1.82) is 0 Å². The van der Waals surface area contributed by atoms with Gasteiger partial charge in [-0.1, -0.05) is 194 Å². The summed E-state index contributed by atoms with van der Waals surface area (Å²) >= 11 is 0. The van der Waals surface area contributed by atoms with E-state index in [0.717, 1.165) is 40.9 Å². The number of pyridine rings is 1. The first-order valence-corrected chi connectivity index (χ1v) is 21.5. The molecule has 0 fully saturated rings. The number of fused-ring (bicyclic) bond motifs is 10. The molecule has 10 aromatic carbocycles. The maximum absolute atomic E-state index is 5.44. The van der Waals surface area contributed by atoms with E-state index < -0.39 is 0 Å². The van der Waals surface area contributed by atoms with E-state index in [-0.39, 0.29) is 0 Å². The lowest BCUT2D eigenvalue weighted by Gasteiger charge is -2.20. The van der Waals surface area contributed by atoms with Gasteiger partial charge in [-0.2, -0.15) is 0 Å². The summed E-state index contributed by atoms with van der Waals surface area (Å²) in [5.74, 6) is 0.301. The van der Waals surface area contributed by atoms with Gasteiger partial charge in [0.1, 0.15) is 0 Å². The van der Waals surface area contributed by atoms with E-state index in [0.29, 0.717) is 5.92 Å². The fourth-order valence-corrected chi connectivity index (χ4v) is 10.1. The van der Waals surface area contributed by atoms with Crippen LogP contribution in [0.15, 0.2) is 218 Å². The number of rotatable bonds is 5. The first-order valence-electron chi connectivity index (χ1n) is 21.5. The molecule has 0 saturated carbocycles. The van der Waals surface area contributed by atoms with Crippen molar-refractivity contribution >= 4 is 43.1 Å². The summed E-state index contributed by atoms with van der Waals surface area (Å²) < 4.78 is 0. The Bertz CT molecular complexity index is 3420. The van der Waals surface area contributed by atoms with Crippen LogP contribution in [0.5, 0.6) is 0 Å². The van der Waals surface area contributed by atoms with Gasteiger partial charge in [-0.3, -0.25) is 0 Å². The number of benzene rings is 10. The van der Waals surface area contributed by atoms with Gasteiger partial charge in [0.2, 0.25) is 0 Å². The lowest BCUT2D eigenvalue weighted by molar-refractivity contribution is 0.727. The number of nitrogens with zero attached hydrogens (tertiary/aromatic N) is 1. The second kappa shape index (κ2) is 14.6. The molecule has 0 N–H and O–H groups in total. The molecule has 11 aromatic rings. The van der Waals surface area contributed by atoms with Crippen LogP contribution in [-0.2, 0) is 6.42 Å². The van der Waals surface area contributed by atoms with E-state index >= 15 is 0 Å². The molecule has 12 rings (SSSR count). The maximum Gasteiger partial charge on any atom is 0.0722 e. The molecule has 1 aliphatic rings. The van der Waals surface area contributed by atoms with Crippen molar-refractivity contribution in [2.75, 3.05) is 0 Å². The second-order valence-electron chi connectivity index (χ2n) is 16.5. The van der Waals surface area contributed by atoms with Crippen LogP contribution in [0, 0.1) is 0 Å². The van der Waals surface area contributed by atoms with Crippen LogP contribution in [0.3, 0.4) is 0 Å². The molecular formula is C60H41N. The van der Waals surface area contributed by atoms with Crippen molar-refractivity contribution in [1.82, 2.24) is 4.98 Å². The highest BCUT2D eigenvalue weighted by atomic mass is 14.7. The topological polar surface area (TPSA) is 12.9 Å². The molecule has 0 amide bonds. The zero-order valence-corrected chi connectivity index (χ0v) is 33.7. The Kier molecular flexibility index (Phi) is 8.45. The molecule has 0 spiro atoms. The van der Waals surface area contributed by atoms with E-state index in [9.17, 15) is 0 Å². The molecule has 0 saturated heterocycles. The van der Waals surface area contributed by atoms with Crippen LogP contribution in [0.1, 0.15) is 29.0 Å². The largest absolute Gasteiger partial charge is 0.248 e. The molecule has 61 heavy (non-hydrogen) atoms. The molecule has 286 valence electrons. The molecule has 0 bridgehead atoms. The normalized spacial score (nSPS) is 13.6. The third-order valence-corrected chi connectivity index (χ3v) is 13.1. The minimum absolute atomic E-state index is 0.301. The first kappa shape index (κ1) is 35.3. The Morgan fingerprint density at radius 2 is 0.984 bits per heavy atom. The summed E-state index contributed by atoms with van der Waals surface area (Å²) in [7, 11) is 0. The zero-order chi connectivity index (χ0) is 40.3. The van der Waals surface area contributed by atoms with Crippen molar-refractivity contribution in [3.8, 4) is 55.9 Å². The van der Waals surface area contributed by atoms with Gasteiger partial charge in [0.15, 0.2) is 0 Å². The Balaban J connectivity index is 1.08. The van der Waals surface area contributed by atoms with E-state index in [1.54, 1.807) is 0 Å². The van der Waals surface area contributed by atoms with Crippen LogP contribution in [0.25, 0.3) is 99.0 Å². The van der Waals surface area contributed by atoms with Crippen molar-refractivity contribution in [3.63, 3.8) is 0 Å². The smallest absolute Gasteiger partial charge is 0.0722 e. The number of aryl methyl sites for hydroxylation is 1. The predicted molar refractivity (Wildman–Crippen MR) is 258 cm³/mol. The van der Waals surface area contributed by atoms with Crippen LogP contribution in [0.4, 0.5) is 0 Å². The molecule has 1 atom stereocenters. The second-order valence-corrected chi connectivity index (χ2v) is 16.5. The lowest BCUT2D eigenvalue weighted by atomic mass is 9.83. The highest BCUT2D eigenvalue weighted by Gasteiger charge is 2.25. The van der Waals surface area contributed by atoms with Crippen molar-refractivity contribution in [3.05, 3.63) is 235 Å². The number of hydrogen-bond donors (Lipinski definition) is 0. The summed E-state index contributed by atoms with van der Waals surface area (Å²) in [6.45, 7) is 0. The summed E-state index contributed by atoms with van der Waals surface area (Å²) in [5, 5.41) is 10.1. The maximum atomic E-state index is 5.44. The lowest BCUT2D eigenvalue weighted by Crippen LogP contribution is -2.02. The molecule has 0 radical (unpaired) electrons. The van der Waals surface area contributed by atoms with Gasteiger partial charge >= 0.3 is 0 Å². The van der Waals surface area contributed by atoms with Crippen LogP contribution < -0.4 is 0 Å². The van der Waals surface area contributed by atoms with Crippen molar-refractivity contribution < 1.29 is 0 Å². The number of aromatic nitrogens is 1. The van der Waals surface area contributed by atoms with Crippen LogP contribution in [-0.4, -0.2) is 4.98 Å². The third-order valence-electron chi connectivity index (χ3n) is 13.1. The zero-order valence-electron chi connectivity index (χ0n) is 33.7. The monoisotopic (exact) mass is 775 g/mol. The minimum atomic E-state index is 0.301. The SMILES string of the molecule is c1ccc(-c2cc(-c3ccccc3)nc(-c3cccc4c5ccccc5c5ccc(-c6ccc7c(c6)-c6ccccc6CCC7c6ccc7ccccc7c6)cc5c34)c2)cc1. The number of hydrogen-bond acceptors (Lipinski definition) is 1. The Morgan fingerprint density at radius 1 is 0.344 bits per heavy atom. The van der Waals surface area contributed by atoms with Gasteiger partial charge < -0.3 is 0 Å². The quantitative estimate of drug-likeness (QED) is 0.159. The van der Waals surface area contributed by atoms with E-state index in [4.69, 9.17) is 4.98 Å². The minimum Gasteiger partial charge on any atom is -0.248 e. The molecular weight excluding hydrogens is 735 g/mol. The van der Waals surface area contributed by atoms with Crippen LogP contribution in [0.2, 0.25) is 0 Å². The molecule has 1 nitrogen and oxygen atoms in total. The average Bonchev–Trinajstić information content (AvgIpc) is 3.50. The highest BCUT2D eigenvalue weighted by Crippen LogP contribution is 2.46. The highest BCUT2D eigenvalue weighted by molar-refractivity contribution is 6.28. The molecule has 1 heterocycles. The van der Waals surface area contributed by atoms with E-state index in [1.807, 2.05) is 0 Å². The van der Waals surface area contributed by atoms with Crippen molar-refractivity contribution in [2.24, 2.45) is 0 Å². The molecule has 1 heteroatoms. The van der Waals surface area contributed by atoms with Gasteiger partial charge in [0, 0.05) is 17.0 Å². The molecule has 1 aromatic heterocycles. The van der Waals surface area contributed by atoms with Crippen LogP contribution >= 0.6 is 0 Å². The Hall–Kier alpha value is -7.61. The first-order chi connectivity index (χ1) is 30.2. The van der Waals surface area contributed by atoms with Gasteiger partial charge in [0.25, 0.3) is 0 Å². The third kappa shape index (κ3) is 6.12. The van der Waals surface area contributed by atoms with Gasteiger partial charge in [0.05, 0.1) is 11.4 Å². The standard InChI is InChI=1S/C60H41N/c1-3-14-39(15-4-1)47-37-58(42-18-5-2-6-19-42)61-59(38-47)55-25-13-24-54-51-23-12-11-22-50(51)53-33-30-45(36-57(53)60(54)55)44-29-32-52-49(46-27-26-40-16-7-8-20-43(40)34-46)31-28-41-17-9-10-21-48(41)56(52)35-44/h1-27,29-30,32-38,49H,28,31H2. The average molecular weight is 776 g/mol. The molecule has 1 aliphatic carbocycles. The van der Waals surface area contributed by atoms with Gasteiger partial charge in [-0.25, -0.2) is 4.98 Å². The van der Waals surface area contributed by atoms with Gasteiger partial charge in [-0.05, 0) is 130 Å². The Labute approximate surface area is 356 Å². The summed E-state index contributed by atoms with van der Waals surface area (Å²) in [6.07, 6.45) is 2.12. The summed E-state index contributed by atoms with van der Waals surface area (Å²) in [5.41, 5.74) is 15.8. The Morgan fingerprint density at radius 3 is 1.84 bits per heavy atom. The van der Waals surface area contributed by atoms with Crippen molar-refractivity contribution in [2.45, 2.75) is 18.8 Å². The summed E-state index contributed by atoms with van der Waals surface area (Å²) in [4.78, 5) is 5.44. The van der Waals surface area contributed by atoms with Gasteiger partial charge in [-0.15, -0.1) is 0 Å². The fraction of sp³-hybridized carbons (Fsp3) is 0.0500.